The molecule has 5 aliphatic rings. The summed E-state index contributed by atoms with van der Waals surface area (Å²) < 4.78 is 18.5. The first-order valence-electron chi connectivity index (χ1n) is 15.2. The Morgan fingerprint density at radius 2 is 0.872 bits per heavy atom. The molecule has 1 aliphatic heterocycles. The Bertz CT molecular complexity index is 1020. The van der Waals surface area contributed by atoms with Crippen molar-refractivity contribution in [3.8, 4) is 0 Å². The van der Waals surface area contributed by atoms with Crippen molar-refractivity contribution in [3.05, 3.63) is 40.1 Å². The molecule has 0 fully saturated rings. The summed E-state index contributed by atoms with van der Waals surface area (Å²) in [7, 11) is -3.74. The van der Waals surface area contributed by atoms with E-state index in [9.17, 15) is 0 Å². The Labute approximate surface area is 265 Å². The second-order valence-corrected chi connectivity index (χ2v) is 29.6. The van der Waals surface area contributed by atoms with Crippen LogP contribution in [0.2, 0.25) is 36.3 Å². The van der Waals surface area contributed by atoms with Gasteiger partial charge in [-0.05, 0) is 0 Å². The van der Waals surface area contributed by atoms with Gasteiger partial charge in [-0.1, -0.05) is 0 Å². The molecule has 0 saturated heterocycles. The Morgan fingerprint density at radius 3 is 1.21 bits per heavy atom. The van der Waals surface area contributed by atoms with E-state index in [1.54, 1.807) is 33.4 Å². The van der Waals surface area contributed by atoms with Crippen LogP contribution in [-0.2, 0) is 31.8 Å². The first-order valence-corrected chi connectivity index (χ1v) is 24.6. The molecule has 2 atom stereocenters. The van der Waals surface area contributed by atoms with Crippen LogP contribution in [-0.4, -0.2) is 28.8 Å². The van der Waals surface area contributed by atoms with Crippen molar-refractivity contribution in [1.29, 1.82) is 0 Å². The number of rotatable bonds is 4. The van der Waals surface area contributed by atoms with Crippen molar-refractivity contribution in [2.45, 2.75) is 154 Å². The van der Waals surface area contributed by atoms with Crippen LogP contribution in [0.25, 0.3) is 0 Å². The fourth-order valence-corrected chi connectivity index (χ4v) is 16.5. The number of fused-ring (bicyclic) bond motifs is 2. The van der Waals surface area contributed by atoms with Gasteiger partial charge in [0.15, 0.2) is 0 Å². The van der Waals surface area contributed by atoms with Crippen LogP contribution in [0.4, 0.5) is 0 Å². The van der Waals surface area contributed by atoms with Crippen molar-refractivity contribution in [3.63, 3.8) is 0 Å². The third kappa shape index (κ3) is 6.22. The average Bonchev–Trinajstić information content (AvgIpc) is 3.14. The van der Waals surface area contributed by atoms with Gasteiger partial charge in [-0.3, -0.25) is 0 Å². The molecule has 0 aromatic heterocycles. The maximum atomic E-state index is 7.42. The van der Waals surface area contributed by atoms with E-state index in [0.717, 1.165) is 0 Å². The predicted octanol–water partition coefficient (Wildman–Crippen LogP) is 3.93. The monoisotopic (exact) mass is 774 g/mol. The normalized spacial score (nSPS) is 25.6. The minimum atomic E-state index is -1.87. The first-order chi connectivity index (χ1) is 17.1. The zero-order valence-corrected chi connectivity index (χ0v) is 33.4. The molecule has 0 unspecified atom stereocenters. The molecule has 5 rings (SSSR count). The quantitative estimate of drug-likeness (QED) is 0.404. The van der Waals surface area contributed by atoms with Gasteiger partial charge >= 0.3 is 243 Å². The van der Waals surface area contributed by atoms with Crippen LogP contribution >= 0.6 is 0 Å². The summed E-state index contributed by atoms with van der Waals surface area (Å²) in [6.07, 6.45) is 13.8. The molecule has 0 N–H and O–H groups in total. The van der Waals surface area contributed by atoms with Gasteiger partial charge in [0, 0.05) is 0 Å². The molecule has 0 saturated carbocycles. The predicted molar refractivity (Wildman–Crippen MR) is 158 cm³/mol. The Hall–Kier alpha value is 0.764. The second kappa shape index (κ2) is 12.0. The van der Waals surface area contributed by atoms with Gasteiger partial charge in [0.25, 0.3) is 0 Å². The molecule has 39 heavy (non-hydrogen) atoms. The summed E-state index contributed by atoms with van der Waals surface area (Å²) in [5.41, 5.74) is 10.5. The largest absolute Gasteiger partial charge is 1.00 e. The molecular weight excluding hydrogens is 722 g/mol. The SMILES string of the molecule is CC(C)(C)[Si](C)(C)O[C@@H]1C2=C(CCCC2)C2=[C]1[Hf+2][C]1=C(CC2)C2=C(CCCC2)[C@@H]1O[Si](C)(C)C(C)(C)C.[Cl-].[Cl-]. The second-order valence-electron chi connectivity index (χ2n) is 15.3. The van der Waals surface area contributed by atoms with Crippen LogP contribution in [0.1, 0.15) is 106 Å². The molecule has 218 valence electrons. The van der Waals surface area contributed by atoms with Crippen LogP contribution < -0.4 is 24.8 Å². The van der Waals surface area contributed by atoms with E-state index in [4.69, 9.17) is 8.85 Å². The van der Waals surface area contributed by atoms with E-state index in [1.807, 2.05) is 6.66 Å². The minimum absolute atomic E-state index is 0. The van der Waals surface area contributed by atoms with E-state index in [0.29, 0.717) is 12.2 Å². The summed E-state index contributed by atoms with van der Waals surface area (Å²) >= 11 is -1.31. The van der Waals surface area contributed by atoms with Gasteiger partial charge in [0.05, 0.1) is 0 Å². The van der Waals surface area contributed by atoms with Gasteiger partial charge in [-0.25, -0.2) is 0 Å². The van der Waals surface area contributed by atoms with Crippen molar-refractivity contribution < 1.29 is 56.6 Å². The molecule has 0 radical (unpaired) electrons. The van der Waals surface area contributed by atoms with Gasteiger partial charge < -0.3 is 24.8 Å². The third-order valence-corrected chi connectivity index (χ3v) is 25.8. The van der Waals surface area contributed by atoms with E-state index in [1.165, 1.54) is 64.2 Å². The van der Waals surface area contributed by atoms with Crippen LogP contribution in [0.3, 0.4) is 0 Å². The van der Waals surface area contributed by atoms with E-state index < -0.39 is 39.5 Å². The zero-order chi connectivity index (χ0) is 27.0. The van der Waals surface area contributed by atoms with E-state index in [-0.39, 0.29) is 34.9 Å². The molecule has 7 heteroatoms. The summed E-state index contributed by atoms with van der Waals surface area (Å²) in [4.78, 5) is 0. The fourth-order valence-electron chi connectivity index (χ4n) is 6.57. The van der Waals surface area contributed by atoms with Crippen molar-refractivity contribution in [2.75, 3.05) is 0 Å². The van der Waals surface area contributed by atoms with Gasteiger partial charge in [0.1, 0.15) is 0 Å². The molecule has 4 aliphatic carbocycles. The Kier molecular flexibility index (Phi) is 10.6. The number of allylic oxidation sites excluding steroid dienone is 4. The molecule has 0 bridgehead atoms. The molecular formula is C32H52Cl2HfO2Si2. The van der Waals surface area contributed by atoms with Crippen molar-refractivity contribution in [2.24, 2.45) is 0 Å². The molecule has 0 aromatic rings. The Morgan fingerprint density at radius 1 is 0.538 bits per heavy atom. The van der Waals surface area contributed by atoms with Gasteiger partial charge in [0.2, 0.25) is 0 Å². The van der Waals surface area contributed by atoms with Crippen LogP contribution in [0.5, 0.6) is 0 Å². The van der Waals surface area contributed by atoms with E-state index in [2.05, 4.69) is 67.7 Å². The maximum Gasteiger partial charge on any atom is -1.00 e. The summed E-state index contributed by atoms with van der Waals surface area (Å²) in [6.45, 7) is 24.4. The smallest absolute Gasteiger partial charge is 1.00 e. The number of hydrogen-bond donors (Lipinski definition) is 0. The van der Waals surface area contributed by atoms with Gasteiger partial charge in [-0.2, -0.15) is 0 Å². The fraction of sp³-hybridized carbons (Fsp3) is 0.750. The van der Waals surface area contributed by atoms with Crippen molar-refractivity contribution in [1.82, 2.24) is 0 Å². The van der Waals surface area contributed by atoms with Crippen LogP contribution in [0, 0.1) is 0 Å². The summed E-state index contributed by atoms with van der Waals surface area (Å²) in [6, 6.07) is 0. The topological polar surface area (TPSA) is 18.5 Å². The zero-order valence-electron chi connectivity index (χ0n) is 26.3. The standard InChI is InChI=1S/C32H52O2Si2.2ClH.Hf/c1-31(2,3)35(7,8)33-29-21-23(25-15-11-13-17-27(25)29)19-20-24-22-30(28-18-14-12-16-26(24)28)34-36(9,10)32(4,5)6;;;/h29-30H,11-20H2,1-10H3;2*1H;/q;;;+2/p-2/t29-,30+;;;. The molecule has 0 aromatic carbocycles. The first kappa shape index (κ1) is 34.3. The number of halogens is 2. The average molecular weight is 774 g/mol. The third-order valence-electron chi connectivity index (χ3n) is 10.9. The maximum absolute atomic E-state index is 7.42. The summed E-state index contributed by atoms with van der Waals surface area (Å²) in [5.74, 6) is 0. The minimum Gasteiger partial charge on any atom is -1.00 e. The van der Waals surface area contributed by atoms with Crippen LogP contribution in [0.15, 0.2) is 40.1 Å². The summed E-state index contributed by atoms with van der Waals surface area (Å²) in [5, 5.41) is 0.493. The van der Waals surface area contributed by atoms with Crippen molar-refractivity contribution >= 4 is 16.6 Å². The molecule has 0 spiro atoms. The van der Waals surface area contributed by atoms with E-state index >= 15 is 0 Å². The number of hydrogen-bond acceptors (Lipinski definition) is 2. The van der Waals surface area contributed by atoms with Gasteiger partial charge in [-0.15, -0.1) is 0 Å². The molecule has 0 amide bonds. The molecule has 1 heterocycles. The Balaban J connectivity index is 0.00000210. The molecule has 2 nitrogen and oxygen atoms in total.